The minimum absolute atomic E-state index is 0.0619. The molecule has 1 N–H and O–H groups in total. The lowest BCUT2D eigenvalue weighted by Gasteiger charge is -2.11. The highest BCUT2D eigenvalue weighted by atomic mass is 32.2. The largest absolute Gasteiger partial charge is 0.497 e. The topological polar surface area (TPSA) is 81.5 Å². The third-order valence-electron chi connectivity index (χ3n) is 3.66. The molecule has 0 unspecified atom stereocenters. The van der Waals surface area contributed by atoms with Crippen molar-refractivity contribution in [1.82, 2.24) is 5.32 Å². The predicted octanol–water partition coefficient (Wildman–Crippen LogP) is 2.84. The second-order valence-corrected chi connectivity index (χ2v) is 6.50. The number of ether oxygens (including phenoxy) is 3. The van der Waals surface area contributed by atoms with Gasteiger partial charge in [0.1, 0.15) is 12.4 Å². The van der Waals surface area contributed by atoms with Crippen LogP contribution in [0, 0.1) is 0 Å². The van der Waals surface area contributed by atoms with Crippen LogP contribution in [0.1, 0.15) is 11.1 Å². The number of rotatable bonds is 7. The number of nitrogens with one attached hydrogen (secondary N) is 1. The Hall–Kier alpha value is -3.00. The summed E-state index contributed by atoms with van der Waals surface area (Å²) in [5, 5.41) is 11.1. The fourth-order valence-electron chi connectivity index (χ4n) is 2.33. The summed E-state index contributed by atoms with van der Waals surface area (Å²) in [6.45, 7) is 0.394. The summed E-state index contributed by atoms with van der Waals surface area (Å²) in [6, 6.07) is 13.2. The number of thioether (sulfide) groups is 1. The van der Waals surface area contributed by atoms with Crippen molar-refractivity contribution in [2.24, 2.45) is 10.2 Å². The Morgan fingerprint density at radius 2 is 2.04 bits per heavy atom. The SMILES string of the molecule is COc1cccc(COc2ccc(C=NN=C3NC(=O)CS3)cc2OC)c1. The van der Waals surface area contributed by atoms with Crippen molar-refractivity contribution in [3.05, 3.63) is 53.6 Å². The number of hydrogen-bond donors (Lipinski definition) is 1. The Kier molecular flexibility index (Phi) is 6.32. The van der Waals surface area contributed by atoms with E-state index in [1.54, 1.807) is 20.4 Å². The van der Waals surface area contributed by atoms with Gasteiger partial charge >= 0.3 is 0 Å². The molecule has 0 bridgehead atoms. The van der Waals surface area contributed by atoms with Crippen LogP contribution in [0.3, 0.4) is 0 Å². The molecule has 27 heavy (non-hydrogen) atoms. The van der Waals surface area contributed by atoms with Crippen LogP contribution in [0.4, 0.5) is 0 Å². The molecule has 2 aromatic rings. The van der Waals surface area contributed by atoms with E-state index >= 15 is 0 Å². The zero-order valence-corrected chi connectivity index (χ0v) is 15.8. The molecule has 1 aliphatic heterocycles. The molecule has 7 nitrogen and oxygen atoms in total. The van der Waals surface area contributed by atoms with Gasteiger partial charge in [0.2, 0.25) is 5.91 Å². The number of methoxy groups -OCH3 is 2. The molecule has 3 rings (SSSR count). The van der Waals surface area contributed by atoms with Gasteiger partial charge in [-0.2, -0.15) is 5.10 Å². The highest BCUT2D eigenvalue weighted by Gasteiger charge is 2.15. The van der Waals surface area contributed by atoms with Gasteiger partial charge in [-0.25, -0.2) is 0 Å². The fraction of sp³-hybridized carbons (Fsp3) is 0.211. The molecule has 1 aliphatic rings. The lowest BCUT2D eigenvalue weighted by atomic mass is 10.2. The van der Waals surface area contributed by atoms with Gasteiger partial charge in [0.25, 0.3) is 0 Å². The molecule has 0 spiro atoms. The van der Waals surface area contributed by atoms with Crippen LogP contribution >= 0.6 is 11.8 Å². The van der Waals surface area contributed by atoms with E-state index in [2.05, 4.69) is 15.5 Å². The van der Waals surface area contributed by atoms with E-state index in [-0.39, 0.29) is 5.91 Å². The summed E-state index contributed by atoms with van der Waals surface area (Å²) in [5.41, 5.74) is 1.80. The Labute approximate surface area is 161 Å². The third-order valence-corrected chi connectivity index (χ3v) is 4.52. The van der Waals surface area contributed by atoms with Crippen molar-refractivity contribution >= 4 is 29.1 Å². The van der Waals surface area contributed by atoms with Crippen LogP contribution in [0.15, 0.2) is 52.7 Å². The van der Waals surface area contributed by atoms with Gasteiger partial charge in [-0.05, 0) is 41.5 Å². The van der Waals surface area contributed by atoms with Gasteiger partial charge in [0.15, 0.2) is 16.7 Å². The van der Waals surface area contributed by atoms with E-state index in [4.69, 9.17) is 14.2 Å². The Bertz CT molecular complexity index is 883. The Morgan fingerprint density at radius 3 is 2.78 bits per heavy atom. The summed E-state index contributed by atoms with van der Waals surface area (Å²) in [7, 11) is 3.22. The van der Waals surface area contributed by atoms with Crippen molar-refractivity contribution in [3.63, 3.8) is 0 Å². The number of hydrogen-bond acceptors (Lipinski definition) is 7. The predicted molar refractivity (Wildman–Crippen MR) is 106 cm³/mol. The molecule has 0 aliphatic carbocycles. The van der Waals surface area contributed by atoms with Gasteiger partial charge < -0.3 is 19.5 Å². The molecule has 140 valence electrons. The standard InChI is InChI=1S/C19H19N3O4S/c1-24-15-5-3-4-14(8-15)11-26-16-7-6-13(9-17(16)25-2)10-20-22-19-21-18(23)12-27-19/h3-10H,11-12H2,1-2H3,(H,21,22,23). The summed E-state index contributed by atoms with van der Waals surface area (Å²) in [6.07, 6.45) is 1.59. The smallest absolute Gasteiger partial charge is 0.236 e. The fourth-order valence-corrected chi connectivity index (χ4v) is 2.97. The molecule has 1 amide bonds. The molecule has 2 aromatic carbocycles. The molecule has 8 heteroatoms. The maximum Gasteiger partial charge on any atom is 0.236 e. The van der Waals surface area contributed by atoms with E-state index in [0.29, 0.717) is 29.0 Å². The van der Waals surface area contributed by atoms with Crippen LogP contribution < -0.4 is 19.5 Å². The minimum Gasteiger partial charge on any atom is -0.497 e. The second-order valence-electron chi connectivity index (χ2n) is 5.54. The highest BCUT2D eigenvalue weighted by molar-refractivity contribution is 8.15. The van der Waals surface area contributed by atoms with Gasteiger partial charge in [-0.1, -0.05) is 23.9 Å². The Balaban J connectivity index is 1.65. The lowest BCUT2D eigenvalue weighted by molar-refractivity contribution is -0.116. The van der Waals surface area contributed by atoms with Crippen molar-refractivity contribution in [2.45, 2.75) is 6.61 Å². The lowest BCUT2D eigenvalue weighted by Crippen LogP contribution is -2.19. The van der Waals surface area contributed by atoms with Gasteiger partial charge in [0.05, 0.1) is 26.2 Å². The van der Waals surface area contributed by atoms with Crippen molar-refractivity contribution in [1.29, 1.82) is 0 Å². The molecular formula is C19H19N3O4S. The van der Waals surface area contributed by atoms with Crippen LogP contribution in [-0.2, 0) is 11.4 Å². The van der Waals surface area contributed by atoms with Crippen molar-refractivity contribution < 1.29 is 19.0 Å². The molecule has 0 atom stereocenters. The first-order chi connectivity index (χ1) is 13.2. The number of carbonyl (C=O) groups is 1. The normalized spacial score (nSPS) is 15.2. The average Bonchev–Trinajstić information content (AvgIpc) is 3.12. The first-order valence-electron chi connectivity index (χ1n) is 8.15. The van der Waals surface area contributed by atoms with E-state index in [1.807, 2.05) is 42.5 Å². The highest BCUT2D eigenvalue weighted by Crippen LogP contribution is 2.28. The third kappa shape index (κ3) is 5.24. The van der Waals surface area contributed by atoms with Crippen LogP contribution in [-0.4, -0.2) is 37.3 Å². The summed E-state index contributed by atoms with van der Waals surface area (Å²) < 4.78 is 16.5. The van der Waals surface area contributed by atoms with Gasteiger partial charge in [0, 0.05) is 0 Å². The van der Waals surface area contributed by atoms with Crippen LogP contribution in [0.25, 0.3) is 0 Å². The second kappa shape index (κ2) is 9.09. The van der Waals surface area contributed by atoms with E-state index in [0.717, 1.165) is 16.9 Å². The molecule has 1 saturated heterocycles. The average molecular weight is 385 g/mol. The van der Waals surface area contributed by atoms with Crippen molar-refractivity contribution in [3.8, 4) is 17.2 Å². The van der Waals surface area contributed by atoms with E-state index in [9.17, 15) is 4.79 Å². The Morgan fingerprint density at radius 1 is 1.15 bits per heavy atom. The number of benzene rings is 2. The first kappa shape index (κ1) is 18.8. The molecule has 0 aromatic heterocycles. The number of nitrogens with zero attached hydrogens (tertiary/aromatic N) is 2. The number of amidine groups is 1. The van der Waals surface area contributed by atoms with Gasteiger partial charge in [-0.3, -0.25) is 4.79 Å². The van der Waals surface area contributed by atoms with Crippen molar-refractivity contribution in [2.75, 3.05) is 20.0 Å². The van der Waals surface area contributed by atoms with E-state index in [1.165, 1.54) is 11.8 Å². The molecule has 1 fully saturated rings. The molecule has 0 radical (unpaired) electrons. The summed E-state index contributed by atoms with van der Waals surface area (Å²) >= 11 is 1.32. The summed E-state index contributed by atoms with van der Waals surface area (Å²) in [5.74, 6) is 2.32. The van der Waals surface area contributed by atoms with Crippen LogP contribution in [0.5, 0.6) is 17.2 Å². The molecular weight excluding hydrogens is 366 g/mol. The zero-order chi connectivity index (χ0) is 19.1. The first-order valence-corrected chi connectivity index (χ1v) is 9.14. The number of amides is 1. The maximum atomic E-state index is 11.1. The quantitative estimate of drug-likeness (QED) is 0.585. The van der Waals surface area contributed by atoms with Crippen LogP contribution in [0.2, 0.25) is 0 Å². The monoisotopic (exact) mass is 385 g/mol. The molecule has 0 saturated carbocycles. The molecule has 1 heterocycles. The van der Waals surface area contributed by atoms with E-state index < -0.39 is 0 Å². The zero-order valence-electron chi connectivity index (χ0n) is 15.0. The minimum atomic E-state index is -0.0619. The summed E-state index contributed by atoms with van der Waals surface area (Å²) in [4.78, 5) is 11.1. The van der Waals surface area contributed by atoms with Gasteiger partial charge in [-0.15, -0.1) is 5.10 Å². The number of carbonyl (C=O) groups excluding carboxylic acids is 1. The maximum absolute atomic E-state index is 11.1.